The highest BCUT2D eigenvalue weighted by Crippen LogP contribution is 2.13. The van der Waals surface area contributed by atoms with Crippen molar-refractivity contribution in [3.63, 3.8) is 0 Å². The number of ether oxygens (including phenoxy) is 3. The van der Waals surface area contributed by atoms with Crippen molar-refractivity contribution in [1.29, 1.82) is 0 Å². The Balaban J connectivity index is 1.74. The summed E-state index contributed by atoms with van der Waals surface area (Å²) in [5, 5.41) is 2.63. The van der Waals surface area contributed by atoms with Gasteiger partial charge < -0.3 is 19.5 Å². The molecule has 0 saturated carbocycles. The maximum absolute atomic E-state index is 11.8. The van der Waals surface area contributed by atoms with Gasteiger partial charge in [-0.05, 0) is 41.5 Å². The first-order chi connectivity index (χ1) is 13.5. The average molecular weight is 383 g/mol. The van der Waals surface area contributed by atoms with Crippen LogP contribution in [0.2, 0.25) is 0 Å². The molecule has 7 heteroatoms. The van der Waals surface area contributed by atoms with E-state index in [2.05, 4.69) is 10.1 Å². The van der Waals surface area contributed by atoms with Crippen molar-refractivity contribution in [2.75, 3.05) is 20.8 Å². The molecule has 28 heavy (non-hydrogen) atoms. The maximum Gasteiger partial charge on any atom is 0.337 e. The SMILES string of the molecule is COC(=O)c1ccc(CNC(=O)COC(=O)/C=C/c2cccc(OC)c2)cc1. The average Bonchev–Trinajstić information content (AvgIpc) is 2.74. The number of amides is 1. The Hall–Kier alpha value is -3.61. The van der Waals surface area contributed by atoms with Crippen LogP contribution in [0.3, 0.4) is 0 Å². The molecule has 1 N–H and O–H groups in total. The molecule has 2 aromatic carbocycles. The Labute approximate surface area is 162 Å². The molecule has 0 aliphatic rings. The van der Waals surface area contributed by atoms with Crippen molar-refractivity contribution >= 4 is 23.9 Å². The smallest absolute Gasteiger partial charge is 0.337 e. The van der Waals surface area contributed by atoms with Crippen LogP contribution in [0.5, 0.6) is 5.75 Å². The highest BCUT2D eigenvalue weighted by molar-refractivity contribution is 5.90. The summed E-state index contributed by atoms with van der Waals surface area (Å²) in [6.07, 6.45) is 2.82. The van der Waals surface area contributed by atoms with Crippen LogP contribution in [0.1, 0.15) is 21.5 Å². The Kier molecular flexibility index (Phi) is 7.77. The Morgan fingerprint density at radius 1 is 1.04 bits per heavy atom. The van der Waals surface area contributed by atoms with Crippen LogP contribution >= 0.6 is 0 Å². The van der Waals surface area contributed by atoms with Crippen LogP contribution in [-0.4, -0.2) is 38.7 Å². The summed E-state index contributed by atoms with van der Waals surface area (Å²) < 4.78 is 14.6. The predicted octanol–water partition coefficient (Wildman–Crippen LogP) is 2.35. The largest absolute Gasteiger partial charge is 0.497 e. The first kappa shape index (κ1) is 20.7. The molecular weight excluding hydrogens is 362 g/mol. The number of esters is 2. The molecule has 0 unspecified atom stereocenters. The van der Waals surface area contributed by atoms with Crippen molar-refractivity contribution in [1.82, 2.24) is 5.32 Å². The minimum atomic E-state index is -0.625. The van der Waals surface area contributed by atoms with Gasteiger partial charge in [0.05, 0.1) is 19.8 Å². The second kappa shape index (κ2) is 10.5. The van der Waals surface area contributed by atoms with Gasteiger partial charge in [0.25, 0.3) is 5.91 Å². The van der Waals surface area contributed by atoms with Gasteiger partial charge in [-0.3, -0.25) is 4.79 Å². The fourth-order valence-corrected chi connectivity index (χ4v) is 2.22. The highest BCUT2D eigenvalue weighted by atomic mass is 16.5. The minimum absolute atomic E-state index is 0.248. The van der Waals surface area contributed by atoms with Crippen molar-refractivity contribution in [2.24, 2.45) is 0 Å². The quantitative estimate of drug-likeness (QED) is 0.556. The molecule has 0 aromatic heterocycles. The molecule has 146 valence electrons. The number of hydrogen-bond acceptors (Lipinski definition) is 6. The van der Waals surface area contributed by atoms with E-state index in [0.717, 1.165) is 11.1 Å². The molecule has 0 bridgehead atoms. The van der Waals surface area contributed by atoms with Crippen LogP contribution in [0.25, 0.3) is 6.08 Å². The molecule has 2 rings (SSSR count). The summed E-state index contributed by atoms with van der Waals surface area (Å²) in [5.74, 6) is -0.806. The summed E-state index contributed by atoms with van der Waals surface area (Å²) in [5.41, 5.74) is 2.00. The topological polar surface area (TPSA) is 90.9 Å². The molecule has 0 heterocycles. The van der Waals surface area contributed by atoms with Gasteiger partial charge in [-0.2, -0.15) is 0 Å². The molecule has 0 atom stereocenters. The summed E-state index contributed by atoms with van der Waals surface area (Å²) in [4.78, 5) is 34.9. The van der Waals surface area contributed by atoms with Crippen LogP contribution in [0.4, 0.5) is 0 Å². The van der Waals surface area contributed by atoms with E-state index in [9.17, 15) is 14.4 Å². The maximum atomic E-state index is 11.8. The number of methoxy groups -OCH3 is 2. The van der Waals surface area contributed by atoms with Gasteiger partial charge in [0.2, 0.25) is 0 Å². The van der Waals surface area contributed by atoms with Crippen LogP contribution in [-0.2, 0) is 25.6 Å². The van der Waals surface area contributed by atoms with E-state index in [1.807, 2.05) is 6.07 Å². The molecular formula is C21H21NO6. The van der Waals surface area contributed by atoms with Gasteiger partial charge in [0.15, 0.2) is 6.61 Å². The Morgan fingerprint density at radius 2 is 1.79 bits per heavy atom. The Bertz CT molecular complexity index is 857. The lowest BCUT2D eigenvalue weighted by atomic mass is 10.1. The van der Waals surface area contributed by atoms with Crippen LogP contribution in [0.15, 0.2) is 54.6 Å². The number of carbonyl (C=O) groups is 3. The normalized spacial score (nSPS) is 10.4. The van der Waals surface area contributed by atoms with Gasteiger partial charge >= 0.3 is 11.9 Å². The predicted molar refractivity (Wildman–Crippen MR) is 103 cm³/mol. The first-order valence-corrected chi connectivity index (χ1v) is 8.44. The first-order valence-electron chi connectivity index (χ1n) is 8.44. The molecule has 0 aliphatic heterocycles. The van der Waals surface area contributed by atoms with Gasteiger partial charge in [-0.1, -0.05) is 24.3 Å². The fraction of sp³-hybridized carbons (Fsp3) is 0.190. The van der Waals surface area contributed by atoms with Crippen LogP contribution in [0, 0.1) is 0 Å². The van der Waals surface area contributed by atoms with Gasteiger partial charge in [-0.15, -0.1) is 0 Å². The Morgan fingerprint density at radius 3 is 2.46 bits per heavy atom. The van der Waals surface area contributed by atoms with Crippen molar-refractivity contribution in [3.05, 3.63) is 71.3 Å². The van der Waals surface area contributed by atoms with Gasteiger partial charge in [0, 0.05) is 12.6 Å². The zero-order valence-corrected chi connectivity index (χ0v) is 15.6. The second-order valence-corrected chi connectivity index (χ2v) is 5.68. The number of carbonyl (C=O) groups excluding carboxylic acids is 3. The minimum Gasteiger partial charge on any atom is -0.497 e. The monoisotopic (exact) mass is 383 g/mol. The fourth-order valence-electron chi connectivity index (χ4n) is 2.22. The van der Waals surface area contributed by atoms with Crippen LogP contribution < -0.4 is 10.1 Å². The summed E-state index contributed by atoms with van der Waals surface area (Å²) >= 11 is 0. The summed E-state index contributed by atoms with van der Waals surface area (Å²) in [6.45, 7) is -0.140. The third-order valence-corrected chi connectivity index (χ3v) is 3.72. The molecule has 2 aromatic rings. The lowest BCUT2D eigenvalue weighted by Crippen LogP contribution is -2.28. The summed E-state index contributed by atoms with van der Waals surface area (Å²) in [7, 11) is 2.87. The number of hydrogen-bond donors (Lipinski definition) is 1. The van der Waals surface area contributed by atoms with E-state index < -0.39 is 17.8 Å². The van der Waals surface area contributed by atoms with E-state index in [1.54, 1.807) is 55.7 Å². The highest BCUT2D eigenvalue weighted by Gasteiger charge is 2.07. The number of rotatable bonds is 8. The molecule has 0 radical (unpaired) electrons. The van der Waals surface area contributed by atoms with E-state index >= 15 is 0 Å². The molecule has 1 amide bonds. The standard InChI is InChI=1S/C21H21NO6/c1-26-18-5-3-4-15(12-18)8-11-20(24)28-14-19(23)22-13-16-6-9-17(10-7-16)21(25)27-2/h3-12H,13-14H2,1-2H3,(H,22,23)/b11-8+. The number of benzene rings is 2. The van der Waals surface area contributed by atoms with Crippen molar-refractivity contribution in [3.8, 4) is 5.75 Å². The van der Waals surface area contributed by atoms with E-state index in [1.165, 1.54) is 13.2 Å². The van der Waals surface area contributed by atoms with Crippen molar-refractivity contribution in [2.45, 2.75) is 6.54 Å². The molecule has 0 saturated heterocycles. The molecule has 0 spiro atoms. The van der Waals surface area contributed by atoms with Gasteiger partial charge in [-0.25, -0.2) is 9.59 Å². The third kappa shape index (κ3) is 6.60. The molecule has 7 nitrogen and oxygen atoms in total. The third-order valence-electron chi connectivity index (χ3n) is 3.72. The zero-order valence-electron chi connectivity index (χ0n) is 15.6. The second-order valence-electron chi connectivity index (χ2n) is 5.68. The lowest BCUT2D eigenvalue weighted by Gasteiger charge is -2.06. The zero-order chi connectivity index (χ0) is 20.4. The van der Waals surface area contributed by atoms with E-state index in [-0.39, 0.29) is 13.2 Å². The van der Waals surface area contributed by atoms with E-state index in [0.29, 0.717) is 11.3 Å². The summed E-state index contributed by atoms with van der Waals surface area (Å²) in [6, 6.07) is 13.8. The molecule has 0 aliphatic carbocycles. The number of nitrogens with one attached hydrogen (secondary N) is 1. The van der Waals surface area contributed by atoms with E-state index in [4.69, 9.17) is 9.47 Å². The van der Waals surface area contributed by atoms with Crippen molar-refractivity contribution < 1.29 is 28.6 Å². The lowest BCUT2D eigenvalue weighted by molar-refractivity contribution is -0.143. The molecule has 0 fully saturated rings. The van der Waals surface area contributed by atoms with Gasteiger partial charge in [0.1, 0.15) is 5.75 Å².